The first-order valence-corrected chi connectivity index (χ1v) is 15.3. The number of rotatable bonds is 6. The van der Waals surface area contributed by atoms with E-state index in [9.17, 15) is 4.79 Å². The molecule has 0 aliphatic heterocycles. The Kier molecular flexibility index (Phi) is 7.96. The smallest absolute Gasteiger partial charge is 0.407 e. The van der Waals surface area contributed by atoms with E-state index in [1.807, 2.05) is 20.8 Å². The molecular formula is C32H57NO2. The zero-order chi connectivity index (χ0) is 25.6. The molecule has 0 aromatic rings. The first kappa shape index (κ1) is 27.3. The number of amides is 1. The topological polar surface area (TPSA) is 38.3 Å². The van der Waals surface area contributed by atoms with Crippen LogP contribution in [0.15, 0.2) is 0 Å². The number of hydrogen-bond donors (Lipinski definition) is 1. The second-order valence-electron chi connectivity index (χ2n) is 15.3. The highest BCUT2D eigenvalue weighted by Crippen LogP contribution is 2.68. The Morgan fingerprint density at radius 2 is 1.69 bits per heavy atom. The number of fused-ring (bicyclic) bond motifs is 5. The number of carbonyl (C=O) groups is 1. The van der Waals surface area contributed by atoms with Crippen LogP contribution in [-0.4, -0.2) is 17.7 Å². The molecule has 0 radical (unpaired) electrons. The van der Waals surface area contributed by atoms with Gasteiger partial charge in [0.05, 0.1) is 0 Å². The molecule has 1 amide bonds. The second kappa shape index (κ2) is 10.2. The summed E-state index contributed by atoms with van der Waals surface area (Å²) in [5.41, 5.74) is 0.463. The van der Waals surface area contributed by atoms with Crippen molar-refractivity contribution in [3.63, 3.8) is 0 Å². The minimum absolute atomic E-state index is 0.205. The van der Waals surface area contributed by atoms with Crippen LogP contribution in [0.2, 0.25) is 0 Å². The minimum atomic E-state index is -0.448. The molecule has 0 spiro atoms. The van der Waals surface area contributed by atoms with Gasteiger partial charge in [-0.3, -0.25) is 0 Å². The van der Waals surface area contributed by atoms with Crippen LogP contribution in [-0.2, 0) is 4.74 Å². The first-order chi connectivity index (χ1) is 16.3. The lowest BCUT2D eigenvalue weighted by molar-refractivity contribution is -0.114. The van der Waals surface area contributed by atoms with Gasteiger partial charge in [-0.1, -0.05) is 66.7 Å². The van der Waals surface area contributed by atoms with Crippen molar-refractivity contribution in [2.24, 2.45) is 52.3 Å². The third-order valence-corrected chi connectivity index (χ3v) is 11.5. The van der Waals surface area contributed by atoms with Crippen molar-refractivity contribution in [2.75, 3.05) is 0 Å². The molecule has 1 N–H and O–H groups in total. The van der Waals surface area contributed by atoms with E-state index in [1.165, 1.54) is 70.6 Å². The molecule has 3 nitrogen and oxygen atoms in total. The molecule has 202 valence electrons. The average molecular weight is 488 g/mol. The van der Waals surface area contributed by atoms with Gasteiger partial charge < -0.3 is 10.1 Å². The third kappa shape index (κ3) is 5.45. The van der Waals surface area contributed by atoms with E-state index >= 15 is 0 Å². The Morgan fingerprint density at radius 1 is 0.943 bits per heavy atom. The van der Waals surface area contributed by atoms with Gasteiger partial charge in [-0.05, 0) is 118 Å². The maximum Gasteiger partial charge on any atom is 0.407 e. The van der Waals surface area contributed by atoms with Crippen LogP contribution >= 0.6 is 0 Å². The summed E-state index contributed by atoms with van der Waals surface area (Å²) >= 11 is 0. The van der Waals surface area contributed by atoms with Gasteiger partial charge in [0.1, 0.15) is 5.60 Å². The number of hydrogen-bond acceptors (Lipinski definition) is 2. The van der Waals surface area contributed by atoms with Crippen molar-refractivity contribution in [3.8, 4) is 0 Å². The van der Waals surface area contributed by atoms with Gasteiger partial charge >= 0.3 is 6.09 Å². The lowest BCUT2D eigenvalue weighted by Crippen LogP contribution is -2.53. The Balaban J connectivity index is 1.57. The maximum atomic E-state index is 13.0. The van der Waals surface area contributed by atoms with Gasteiger partial charge in [-0.25, -0.2) is 4.79 Å². The van der Waals surface area contributed by atoms with Gasteiger partial charge in [-0.2, -0.15) is 0 Å². The van der Waals surface area contributed by atoms with Crippen LogP contribution in [0.5, 0.6) is 0 Å². The molecule has 1 unspecified atom stereocenters. The van der Waals surface area contributed by atoms with Crippen molar-refractivity contribution in [2.45, 2.75) is 144 Å². The number of nitrogens with one attached hydrogen (secondary N) is 1. The molecule has 0 heterocycles. The zero-order valence-electron chi connectivity index (χ0n) is 24.4. The van der Waals surface area contributed by atoms with E-state index in [2.05, 4.69) is 39.9 Å². The second-order valence-corrected chi connectivity index (χ2v) is 15.3. The summed E-state index contributed by atoms with van der Waals surface area (Å²) in [4.78, 5) is 13.0. The standard InChI is InChI=1S/C32H57NO2/c1-21(2)12-11-13-22(3)28-27(33-29(34)35-30(4,5)6)20-26-24-16-15-23-14-9-10-18-31(23,7)25(24)17-19-32(26,28)8/h21-28H,9-20H2,1-8H3,(H,33,34)/t22-,23-,24-,25+,26+,27?,28+,31+,32+/m1/s1. The van der Waals surface area contributed by atoms with Gasteiger partial charge in [-0.15, -0.1) is 0 Å². The molecule has 0 saturated heterocycles. The van der Waals surface area contributed by atoms with Crippen LogP contribution in [0.1, 0.15) is 132 Å². The van der Waals surface area contributed by atoms with Crippen LogP contribution in [0.4, 0.5) is 4.79 Å². The predicted octanol–water partition coefficient (Wildman–Crippen LogP) is 9.00. The highest BCUT2D eigenvalue weighted by molar-refractivity contribution is 5.68. The quantitative estimate of drug-likeness (QED) is 0.406. The van der Waals surface area contributed by atoms with E-state index < -0.39 is 5.60 Å². The Hall–Kier alpha value is -0.730. The SMILES string of the molecule is CC(C)CCC[C@@H](C)[C@H]1C(NC(=O)OC(C)(C)C)C[C@H]2[C@@H]3CC[C@H]4CCCC[C@]4(C)[C@H]3CC[C@]12C. The largest absolute Gasteiger partial charge is 0.444 e. The summed E-state index contributed by atoms with van der Waals surface area (Å²) in [6.45, 7) is 18.4. The molecule has 3 heteroatoms. The van der Waals surface area contributed by atoms with Crippen LogP contribution < -0.4 is 5.32 Å². The predicted molar refractivity (Wildman–Crippen MR) is 146 cm³/mol. The van der Waals surface area contributed by atoms with E-state index in [1.54, 1.807) is 0 Å². The molecule has 0 aromatic carbocycles. The van der Waals surface area contributed by atoms with Crippen molar-refractivity contribution in [1.29, 1.82) is 0 Å². The Morgan fingerprint density at radius 3 is 2.37 bits per heavy atom. The lowest BCUT2D eigenvalue weighted by Gasteiger charge is -2.60. The fourth-order valence-electron chi connectivity index (χ4n) is 10.1. The van der Waals surface area contributed by atoms with Gasteiger partial charge in [0.25, 0.3) is 0 Å². The molecule has 0 aromatic heterocycles. The molecule has 4 aliphatic rings. The Labute approximate surface area is 217 Å². The van der Waals surface area contributed by atoms with E-state index in [4.69, 9.17) is 4.74 Å². The molecule has 0 bridgehead atoms. The van der Waals surface area contributed by atoms with Crippen LogP contribution in [0.25, 0.3) is 0 Å². The summed E-state index contributed by atoms with van der Waals surface area (Å²) < 4.78 is 5.77. The number of carbonyl (C=O) groups excluding carboxylic acids is 1. The number of alkyl carbamates (subject to hydrolysis) is 1. The summed E-state index contributed by atoms with van der Waals surface area (Å²) in [6.07, 6.45) is 16.3. The van der Waals surface area contributed by atoms with Crippen LogP contribution in [0, 0.1) is 52.3 Å². The van der Waals surface area contributed by atoms with E-state index in [-0.39, 0.29) is 12.1 Å². The summed E-state index contributed by atoms with van der Waals surface area (Å²) in [6, 6.07) is 0.254. The molecule has 35 heavy (non-hydrogen) atoms. The number of ether oxygens (including phenoxy) is 1. The minimum Gasteiger partial charge on any atom is -0.444 e. The normalized spacial score (nSPS) is 42.1. The summed E-state index contributed by atoms with van der Waals surface area (Å²) in [5.74, 6) is 5.43. The van der Waals surface area contributed by atoms with Crippen molar-refractivity contribution < 1.29 is 9.53 Å². The molecular weight excluding hydrogens is 430 g/mol. The Bertz CT molecular complexity index is 740. The molecule has 4 saturated carbocycles. The van der Waals surface area contributed by atoms with Crippen LogP contribution in [0.3, 0.4) is 0 Å². The summed E-state index contributed by atoms with van der Waals surface area (Å²) in [7, 11) is 0. The average Bonchev–Trinajstić information content (AvgIpc) is 3.03. The first-order valence-electron chi connectivity index (χ1n) is 15.3. The fraction of sp³-hybridized carbons (Fsp3) is 0.969. The van der Waals surface area contributed by atoms with E-state index in [0.717, 1.165) is 36.0 Å². The molecule has 9 atom stereocenters. The van der Waals surface area contributed by atoms with Crippen molar-refractivity contribution in [3.05, 3.63) is 0 Å². The van der Waals surface area contributed by atoms with E-state index in [0.29, 0.717) is 22.7 Å². The molecule has 4 aliphatic carbocycles. The highest BCUT2D eigenvalue weighted by Gasteiger charge is 2.62. The van der Waals surface area contributed by atoms with Gasteiger partial charge in [0.15, 0.2) is 0 Å². The zero-order valence-corrected chi connectivity index (χ0v) is 24.4. The van der Waals surface area contributed by atoms with Crippen molar-refractivity contribution >= 4 is 6.09 Å². The third-order valence-electron chi connectivity index (χ3n) is 11.5. The maximum absolute atomic E-state index is 13.0. The monoisotopic (exact) mass is 487 g/mol. The fourth-order valence-corrected chi connectivity index (χ4v) is 10.1. The highest BCUT2D eigenvalue weighted by atomic mass is 16.6. The molecule has 4 rings (SSSR count). The van der Waals surface area contributed by atoms with Gasteiger partial charge in [0.2, 0.25) is 0 Å². The molecule has 4 fully saturated rings. The van der Waals surface area contributed by atoms with Crippen molar-refractivity contribution in [1.82, 2.24) is 5.32 Å². The van der Waals surface area contributed by atoms with Gasteiger partial charge in [0, 0.05) is 6.04 Å². The summed E-state index contributed by atoms with van der Waals surface area (Å²) in [5, 5.41) is 3.45. The lowest BCUT2D eigenvalue weighted by atomic mass is 9.44.